The average Bonchev–Trinajstić information content (AvgIpc) is 2.95. The highest BCUT2D eigenvalue weighted by Crippen LogP contribution is 2.11. The topological polar surface area (TPSA) is 64.6 Å². The molecule has 0 radical (unpaired) electrons. The van der Waals surface area contributed by atoms with Crippen LogP contribution in [-0.2, 0) is 33.2 Å². The molecule has 0 aliphatic heterocycles. The van der Waals surface area contributed by atoms with Crippen LogP contribution in [0.3, 0.4) is 0 Å². The maximum Gasteiger partial charge on any atom is 0.0701 e. The van der Waals surface area contributed by atoms with E-state index in [1.54, 1.807) is 0 Å². The summed E-state index contributed by atoms with van der Waals surface area (Å²) in [6, 6.07) is 0. The van der Waals surface area contributed by atoms with Crippen LogP contribution >= 0.6 is 11.6 Å². The van der Waals surface area contributed by atoms with E-state index in [2.05, 4.69) is 6.92 Å². The Morgan fingerprint density at radius 1 is 0.282 bits per heavy atom. The minimum atomic E-state index is 0.559. The van der Waals surface area contributed by atoms with Gasteiger partial charge >= 0.3 is 0 Å². The summed E-state index contributed by atoms with van der Waals surface area (Å²) in [4.78, 5) is 0. The summed E-state index contributed by atoms with van der Waals surface area (Å²) in [5.41, 5.74) is 0. The fourth-order valence-corrected chi connectivity index (χ4v) is 4.13. The van der Waals surface area contributed by atoms with Crippen LogP contribution < -0.4 is 0 Å². The number of halogens is 1. The highest BCUT2D eigenvalue weighted by atomic mass is 35.5. The fraction of sp³-hybridized carbons (Fsp3) is 1.00. The number of ether oxygens (including phenoxy) is 7. The number of hydrogen-bond acceptors (Lipinski definition) is 7. The van der Waals surface area contributed by atoms with Gasteiger partial charge in [0, 0.05) is 19.1 Å². The maximum absolute atomic E-state index is 5.65. The van der Waals surface area contributed by atoms with E-state index >= 15 is 0 Å². The van der Waals surface area contributed by atoms with Crippen LogP contribution in [0.25, 0.3) is 0 Å². The van der Waals surface area contributed by atoms with Gasteiger partial charge in [-0.3, -0.25) is 0 Å². The highest BCUT2D eigenvalue weighted by molar-refractivity contribution is 6.17. The zero-order chi connectivity index (χ0) is 28.2. The lowest BCUT2D eigenvalue weighted by Gasteiger charge is -2.08. The van der Waals surface area contributed by atoms with Crippen molar-refractivity contribution in [3.63, 3.8) is 0 Å². The molecule has 0 aliphatic carbocycles. The van der Waals surface area contributed by atoms with Crippen molar-refractivity contribution in [2.45, 2.75) is 103 Å². The van der Waals surface area contributed by atoms with Crippen LogP contribution in [-0.4, -0.2) is 98.4 Å². The van der Waals surface area contributed by atoms with E-state index in [-0.39, 0.29) is 0 Å². The predicted octanol–water partition coefficient (Wildman–Crippen LogP) is 7.21. The van der Waals surface area contributed by atoms with Gasteiger partial charge in [0.05, 0.1) is 79.3 Å². The first-order chi connectivity index (χ1) is 19.4. The second kappa shape index (κ2) is 38.0. The molecule has 7 nitrogen and oxygen atoms in total. The van der Waals surface area contributed by atoms with Gasteiger partial charge in [0.15, 0.2) is 0 Å². The molecule has 0 N–H and O–H groups in total. The Balaban J connectivity index is 3.01. The summed E-state index contributed by atoms with van der Waals surface area (Å²) in [5.74, 6) is 0.754. The van der Waals surface area contributed by atoms with E-state index < -0.39 is 0 Å². The van der Waals surface area contributed by atoms with Crippen molar-refractivity contribution in [2.24, 2.45) is 0 Å². The zero-order valence-electron chi connectivity index (χ0n) is 25.4. The van der Waals surface area contributed by atoms with Crippen molar-refractivity contribution in [1.82, 2.24) is 0 Å². The van der Waals surface area contributed by atoms with Gasteiger partial charge in [0.1, 0.15) is 0 Å². The third kappa shape index (κ3) is 38.0. The van der Waals surface area contributed by atoms with Gasteiger partial charge in [-0.15, -0.1) is 11.6 Å². The molecule has 0 saturated carbocycles. The van der Waals surface area contributed by atoms with E-state index in [1.807, 2.05) is 0 Å². The third-order valence-corrected chi connectivity index (χ3v) is 6.56. The first-order valence-corrected chi connectivity index (χ1v) is 16.6. The molecule has 0 fully saturated rings. The molecule has 0 bridgehead atoms. The Morgan fingerprint density at radius 2 is 0.513 bits per heavy atom. The summed E-state index contributed by atoms with van der Waals surface area (Å²) in [7, 11) is 0. The molecule has 0 aromatic rings. The summed E-state index contributed by atoms with van der Waals surface area (Å²) in [6.45, 7) is 11.0. The Labute approximate surface area is 246 Å². The molecule has 236 valence electrons. The minimum absolute atomic E-state index is 0.559. The molecular formula is C31H63ClO7. The fourth-order valence-electron chi connectivity index (χ4n) is 3.94. The molecule has 39 heavy (non-hydrogen) atoms. The molecule has 0 aromatic carbocycles. The zero-order valence-corrected chi connectivity index (χ0v) is 26.2. The van der Waals surface area contributed by atoms with Gasteiger partial charge in [0.2, 0.25) is 0 Å². The molecular weight excluding hydrogens is 520 g/mol. The lowest BCUT2D eigenvalue weighted by Crippen LogP contribution is -2.14. The van der Waals surface area contributed by atoms with E-state index in [0.717, 1.165) is 38.4 Å². The SMILES string of the molecule is CCCCCCCCCCCCCOCCOCCOCCOCCOCCOCCOCCCCCCCl. The molecule has 0 rings (SSSR count). The first kappa shape index (κ1) is 39.0. The molecule has 8 heteroatoms. The Kier molecular flexibility index (Phi) is 38.0. The van der Waals surface area contributed by atoms with Crippen LogP contribution in [0, 0.1) is 0 Å². The Bertz CT molecular complexity index is 382. The summed E-state index contributed by atoms with van der Waals surface area (Å²) >= 11 is 5.65. The second-order valence-electron chi connectivity index (χ2n) is 9.93. The predicted molar refractivity (Wildman–Crippen MR) is 161 cm³/mol. The normalized spacial score (nSPS) is 11.5. The average molecular weight is 583 g/mol. The van der Waals surface area contributed by atoms with E-state index in [0.29, 0.717) is 79.3 Å². The summed E-state index contributed by atoms with van der Waals surface area (Å²) in [5, 5.41) is 0. The standard InChI is InChI=1S/C31H63ClO7/c1-2-3-4-5-6-7-8-9-10-12-15-18-33-20-22-35-24-26-37-28-30-39-31-29-38-27-25-36-23-21-34-19-16-13-11-14-17-32/h2-31H2,1H3. The van der Waals surface area contributed by atoms with E-state index in [4.69, 9.17) is 44.8 Å². The molecule has 0 spiro atoms. The molecule has 0 saturated heterocycles. The van der Waals surface area contributed by atoms with Gasteiger partial charge in [-0.05, 0) is 19.3 Å². The summed E-state index contributed by atoms with van der Waals surface area (Å²) < 4.78 is 38.7. The van der Waals surface area contributed by atoms with Crippen LogP contribution in [0.4, 0.5) is 0 Å². The number of alkyl halides is 1. The molecule has 0 unspecified atom stereocenters. The van der Waals surface area contributed by atoms with Crippen LogP contribution in [0.1, 0.15) is 103 Å². The molecule has 0 heterocycles. The largest absolute Gasteiger partial charge is 0.379 e. The van der Waals surface area contributed by atoms with Gasteiger partial charge in [0.25, 0.3) is 0 Å². The Hall–Kier alpha value is 0.01000. The quantitative estimate of drug-likeness (QED) is 0.0571. The van der Waals surface area contributed by atoms with Crippen molar-refractivity contribution in [2.75, 3.05) is 98.4 Å². The van der Waals surface area contributed by atoms with E-state index in [9.17, 15) is 0 Å². The maximum atomic E-state index is 5.65. The third-order valence-electron chi connectivity index (χ3n) is 6.30. The van der Waals surface area contributed by atoms with Crippen molar-refractivity contribution in [1.29, 1.82) is 0 Å². The number of unbranched alkanes of at least 4 members (excludes halogenated alkanes) is 13. The van der Waals surface area contributed by atoms with Crippen molar-refractivity contribution < 1.29 is 33.2 Å². The smallest absolute Gasteiger partial charge is 0.0701 e. The minimum Gasteiger partial charge on any atom is -0.379 e. The first-order valence-electron chi connectivity index (χ1n) is 16.0. The molecule has 0 amide bonds. The molecule has 0 aromatic heterocycles. The second-order valence-corrected chi connectivity index (χ2v) is 10.3. The lowest BCUT2D eigenvalue weighted by atomic mass is 10.1. The van der Waals surface area contributed by atoms with Crippen LogP contribution in [0.2, 0.25) is 0 Å². The van der Waals surface area contributed by atoms with Gasteiger partial charge in [-0.2, -0.15) is 0 Å². The van der Waals surface area contributed by atoms with Gasteiger partial charge < -0.3 is 33.2 Å². The monoisotopic (exact) mass is 582 g/mol. The van der Waals surface area contributed by atoms with Crippen molar-refractivity contribution in [3.8, 4) is 0 Å². The Morgan fingerprint density at radius 3 is 0.795 bits per heavy atom. The van der Waals surface area contributed by atoms with Crippen LogP contribution in [0.5, 0.6) is 0 Å². The summed E-state index contributed by atoms with van der Waals surface area (Å²) in [6.07, 6.45) is 19.5. The number of hydrogen-bond donors (Lipinski definition) is 0. The van der Waals surface area contributed by atoms with Crippen molar-refractivity contribution >= 4 is 11.6 Å². The highest BCUT2D eigenvalue weighted by Gasteiger charge is 1.96. The van der Waals surface area contributed by atoms with Crippen LogP contribution in [0.15, 0.2) is 0 Å². The van der Waals surface area contributed by atoms with Gasteiger partial charge in [-0.1, -0.05) is 84.0 Å². The van der Waals surface area contributed by atoms with E-state index in [1.165, 1.54) is 77.0 Å². The number of rotatable bonds is 36. The van der Waals surface area contributed by atoms with Gasteiger partial charge in [-0.25, -0.2) is 0 Å². The molecule has 0 atom stereocenters. The van der Waals surface area contributed by atoms with Crippen molar-refractivity contribution in [3.05, 3.63) is 0 Å². The lowest BCUT2D eigenvalue weighted by molar-refractivity contribution is -0.0206. The molecule has 0 aliphatic rings.